The molecule has 0 radical (unpaired) electrons. The second kappa shape index (κ2) is 5.46. The highest BCUT2D eigenvalue weighted by Crippen LogP contribution is 2.28. The maximum atomic E-state index is 10.4. The molecule has 1 fully saturated rings. The van der Waals surface area contributed by atoms with E-state index in [9.17, 15) is 5.11 Å². The van der Waals surface area contributed by atoms with Crippen molar-refractivity contribution in [3.63, 3.8) is 0 Å². The summed E-state index contributed by atoms with van der Waals surface area (Å²) in [5, 5.41) is 13.9. The molecule has 2 rings (SSSR count). The smallest absolute Gasteiger partial charge is 0.0798 e. The zero-order chi connectivity index (χ0) is 12.3. The van der Waals surface area contributed by atoms with E-state index in [2.05, 4.69) is 17.2 Å². The summed E-state index contributed by atoms with van der Waals surface area (Å²) in [6.45, 7) is 4.89. The van der Waals surface area contributed by atoms with Crippen molar-refractivity contribution in [2.75, 3.05) is 6.54 Å². The molecule has 0 spiro atoms. The average Bonchev–Trinajstić information content (AvgIpc) is 2.74. The summed E-state index contributed by atoms with van der Waals surface area (Å²) in [5.74, 6) is 0. The van der Waals surface area contributed by atoms with E-state index in [1.54, 1.807) is 11.3 Å². The molecule has 1 aromatic heterocycles. The van der Waals surface area contributed by atoms with Crippen LogP contribution >= 0.6 is 11.3 Å². The lowest BCUT2D eigenvalue weighted by Gasteiger charge is -2.33. The summed E-state index contributed by atoms with van der Waals surface area (Å²) in [7, 11) is 0. The van der Waals surface area contributed by atoms with Gasteiger partial charge in [-0.25, -0.2) is 4.98 Å². The van der Waals surface area contributed by atoms with E-state index in [1.165, 1.54) is 11.3 Å². The van der Waals surface area contributed by atoms with Crippen molar-refractivity contribution in [1.29, 1.82) is 0 Å². The molecule has 0 bridgehead atoms. The van der Waals surface area contributed by atoms with Crippen molar-refractivity contribution in [2.45, 2.75) is 57.6 Å². The van der Waals surface area contributed by atoms with Gasteiger partial charge in [0.2, 0.25) is 0 Å². The third-order valence-corrected chi connectivity index (χ3v) is 4.81. The highest BCUT2D eigenvalue weighted by molar-refractivity contribution is 7.09. The maximum absolute atomic E-state index is 10.4. The predicted octanol–water partition coefficient (Wildman–Crippen LogP) is 2.80. The quantitative estimate of drug-likeness (QED) is 0.868. The summed E-state index contributed by atoms with van der Waals surface area (Å²) in [6, 6.07) is 0.286. The minimum absolute atomic E-state index is 0.286. The summed E-state index contributed by atoms with van der Waals surface area (Å²) in [6.07, 6.45) is 5.47. The lowest BCUT2D eigenvalue weighted by Crippen LogP contribution is -2.42. The van der Waals surface area contributed by atoms with Crippen molar-refractivity contribution >= 4 is 11.3 Å². The fourth-order valence-electron chi connectivity index (χ4n) is 2.55. The Kier molecular flexibility index (Phi) is 4.17. The van der Waals surface area contributed by atoms with Gasteiger partial charge in [-0.15, -0.1) is 11.3 Å². The van der Waals surface area contributed by atoms with Gasteiger partial charge in [0.15, 0.2) is 0 Å². The van der Waals surface area contributed by atoms with Crippen LogP contribution in [0.3, 0.4) is 0 Å². The van der Waals surface area contributed by atoms with Crippen LogP contribution in [0.5, 0.6) is 0 Å². The Morgan fingerprint density at radius 1 is 1.47 bits per heavy atom. The second-order valence-corrected chi connectivity index (χ2v) is 6.08. The van der Waals surface area contributed by atoms with Crippen molar-refractivity contribution in [3.8, 4) is 0 Å². The number of thiazole rings is 1. The maximum Gasteiger partial charge on any atom is 0.0798 e. The molecule has 1 aliphatic rings. The van der Waals surface area contributed by atoms with Crippen LogP contribution in [0.1, 0.15) is 55.6 Å². The van der Waals surface area contributed by atoms with Gasteiger partial charge in [-0.05, 0) is 26.7 Å². The van der Waals surface area contributed by atoms with E-state index >= 15 is 0 Å². The van der Waals surface area contributed by atoms with Crippen molar-refractivity contribution in [3.05, 3.63) is 16.1 Å². The summed E-state index contributed by atoms with van der Waals surface area (Å²) >= 11 is 1.69. The molecule has 17 heavy (non-hydrogen) atoms. The standard InChI is InChI=1S/C13H22N2OS/c1-10(12-11(2)15-9-17-12)14-8-13(16)6-4-3-5-7-13/h9-10,14,16H,3-8H2,1-2H3. The molecule has 96 valence electrons. The Labute approximate surface area is 107 Å². The molecular formula is C13H22N2OS. The van der Waals surface area contributed by atoms with Gasteiger partial charge in [-0.2, -0.15) is 0 Å². The first kappa shape index (κ1) is 13.0. The molecule has 1 unspecified atom stereocenters. The molecular weight excluding hydrogens is 232 g/mol. The van der Waals surface area contributed by atoms with Crippen LogP contribution in [0.2, 0.25) is 0 Å². The summed E-state index contributed by atoms with van der Waals surface area (Å²) in [4.78, 5) is 5.55. The molecule has 0 aromatic carbocycles. The molecule has 0 aliphatic heterocycles. The molecule has 0 saturated heterocycles. The zero-order valence-corrected chi connectivity index (χ0v) is 11.5. The SMILES string of the molecule is Cc1ncsc1C(C)NCC1(O)CCCCC1. The highest BCUT2D eigenvalue weighted by atomic mass is 32.1. The van der Waals surface area contributed by atoms with Crippen LogP contribution in [0.4, 0.5) is 0 Å². The predicted molar refractivity (Wildman–Crippen MR) is 71.3 cm³/mol. The lowest BCUT2D eigenvalue weighted by molar-refractivity contribution is 0.00306. The Hall–Kier alpha value is -0.450. The Balaban J connectivity index is 1.87. The van der Waals surface area contributed by atoms with Crippen LogP contribution in [-0.4, -0.2) is 22.2 Å². The number of rotatable bonds is 4. The van der Waals surface area contributed by atoms with Gasteiger partial charge in [0.1, 0.15) is 0 Å². The van der Waals surface area contributed by atoms with Crippen LogP contribution in [-0.2, 0) is 0 Å². The zero-order valence-electron chi connectivity index (χ0n) is 10.7. The van der Waals surface area contributed by atoms with E-state index in [1.807, 2.05) is 12.4 Å². The lowest BCUT2D eigenvalue weighted by atomic mass is 9.85. The van der Waals surface area contributed by atoms with Gasteiger partial charge >= 0.3 is 0 Å². The molecule has 4 heteroatoms. The molecule has 1 saturated carbocycles. The molecule has 1 atom stereocenters. The van der Waals surface area contributed by atoms with Crippen molar-refractivity contribution in [2.24, 2.45) is 0 Å². The second-order valence-electron chi connectivity index (χ2n) is 5.19. The summed E-state index contributed by atoms with van der Waals surface area (Å²) < 4.78 is 0. The molecule has 1 aliphatic carbocycles. The van der Waals surface area contributed by atoms with Crippen LogP contribution in [0, 0.1) is 6.92 Å². The third-order valence-electron chi connectivity index (χ3n) is 3.70. The molecule has 1 heterocycles. The number of aryl methyl sites for hydroxylation is 1. The van der Waals surface area contributed by atoms with Crippen LogP contribution in [0.25, 0.3) is 0 Å². The number of aromatic nitrogens is 1. The Bertz CT molecular complexity index is 358. The topological polar surface area (TPSA) is 45.2 Å². The van der Waals surface area contributed by atoms with Crippen LogP contribution < -0.4 is 5.32 Å². The third kappa shape index (κ3) is 3.27. The molecule has 3 nitrogen and oxygen atoms in total. The Morgan fingerprint density at radius 2 is 2.18 bits per heavy atom. The summed E-state index contributed by atoms with van der Waals surface area (Å²) in [5.41, 5.74) is 2.51. The van der Waals surface area contributed by atoms with E-state index in [0.29, 0.717) is 6.54 Å². The molecule has 0 amide bonds. The fourth-order valence-corrected chi connectivity index (χ4v) is 3.38. The monoisotopic (exact) mass is 254 g/mol. The van der Waals surface area contributed by atoms with Gasteiger partial charge in [-0.1, -0.05) is 19.3 Å². The molecule has 1 aromatic rings. The van der Waals surface area contributed by atoms with Gasteiger partial charge in [0.05, 0.1) is 16.8 Å². The minimum atomic E-state index is -0.481. The highest BCUT2D eigenvalue weighted by Gasteiger charge is 2.29. The molecule has 2 N–H and O–H groups in total. The first-order chi connectivity index (χ1) is 8.11. The van der Waals surface area contributed by atoms with Gasteiger partial charge in [0.25, 0.3) is 0 Å². The number of hydrogen-bond acceptors (Lipinski definition) is 4. The minimum Gasteiger partial charge on any atom is -0.389 e. The van der Waals surface area contributed by atoms with E-state index < -0.39 is 5.60 Å². The van der Waals surface area contributed by atoms with Gasteiger partial charge < -0.3 is 10.4 Å². The number of nitrogens with zero attached hydrogens (tertiary/aromatic N) is 1. The first-order valence-corrected chi connectivity index (χ1v) is 7.34. The average molecular weight is 254 g/mol. The Morgan fingerprint density at radius 3 is 2.76 bits per heavy atom. The van der Waals surface area contributed by atoms with E-state index in [0.717, 1.165) is 31.4 Å². The number of aliphatic hydroxyl groups is 1. The van der Waals surface area contributed by atoms with E-state index in [4.69, 9.17) is 0 Å². The van der Waals surface area contributed by atoms with Crippen molar-refractivity contribution < 1.29 is 5.11 Å². The van der Waals surface area contributed by atoms with E-state index in [-0.39, 0.29) is 6.04 Å². The normalized spacial score (nSPS) is 21.4. The largest absolute Gasteiger partial charge is 0.389 e. The number of nitrogens with one attached hydrogen (secondary N) is 1. The fraction of sp³-hybridized carbons (Fsp3) is 0.769. The van der Waals surface area contributed by atoms with Crippen LogP contribution in [0.15, 0.2) is 5.51 Å². The van der Waals surface area contributed by atoms with Crippen molar-refractivity contribution in [1.82, 2.24) is 10.3 Å². The number of hydrogen-bond donors (Lipinski definition) is 2. The van der Waals surface area contributed by atoms with Gasteiger partial charge in [-0.3, -0.25) is 0 Å². The van der Waals surface area contributed by atoms with Gasteiger partial charge in [0, 0.05) is 17.5 Å². The first-order valence-electron chi connectivity index (χ1n) is 6.46.